The molecule has 0 spiro atoms. The Hall–Kier alpha value is -1.79. The first-order valence-electron chi connectivity index (χ1n) is 29.7. The first kappa shape index (κ1) is 65.2. The molecule has 0 aromatic carbocycles. The Morgan fingerprint density at radius 3 is 1.92 bits per heavy atom. The van der Waals surface area contributed by atoms with Crippen LogP contribution in [-0.4, -0.2) is 274 Å². The van der Waals surface area contributed by atoms with E-state index in [0.717, 1.165) is 5.57 Å². The fourth-order valence-corrected chi connectivity index (χ4v) is 17.4. The zero-order chi connectivity index (χ0) is 61.3. The van der Waals surface area contributed by atoms with Gasteiger partial charge in [-0.05, 0) is 97.7 Å². The molecule has 482 valence electrons. The smallest absolute Gasteiger partial charge is 0.317 e. The molecule has 9 fully saturated rings. The predicted octanol–water partition coefficient (Wildman–Crippen LogP) is -4.35. The van der Waals surface area contributed by atoms with Gasteiger partial charge in [0.05, 0.1) is 64.1 Å². The molecule has 27 nitrogen and oxygen atoms in total. The predicted molar refractivity (Wildman–Crippen MR) is 280 cm³/mol. The van der Waals surface area contributed by atoms with E-state index in [1.807, 2.05) is 6.92 Å². The van der Waals surface area contributed by atoms with E-state index in [9.17, 15) is 81.7 Å². The second kappa shape index (κ2) is 23.5. The topological polar surface area (TPSA) is 433 Å². The van der Waals surface area contributed by atoms with Gasteiger partial charge in [0.15, 0.2) is 31.3 Å². The highest BCUT2D eigenvalue weighted by atomic mass is 16.8. The summed E-state index contributed by atoms with van der Waals surface area (Å²) in [6, 6.07) is 0. The van der Waals surface area contributed by atoms with Crippen molar-refractivity contribution in [2.75, 3.05) is 39.6 Å². The van der Waals surface area contributed by atoms with Crippen molar-refractivity contribution in [1.29, 1.82) is 0 Å². The SMILES string of the molecule is C[C@@H]1O[C@@H](O[C@H]2[C@H](OC(=O)[C@]34CCC(C)(C)C[C@H]3C3=CC[C@@H]5[C@@]6(C)C[C@H](O)[C@H](O[C@@H]7O[C@H](CO)[C@@H](O)[C@H](O)[C@H]7O)[C@](C)(CO)[C@@H]6CC[C@@]5(C)[C@]3(C)C[C@H]4O)OC[C@H](O)[C@@H]2O)[C@H](O)[C@H](O)[C@H]1O[C@@H]1OC[C@@H](O)[C@H](O[C@@H]2OC[C@](O)(CO)[C@@H]2O)[C@H]1O. The second-order valence-corrected chi connectivity index (χ2v) is 28.0. The molecule has 0 radical (unpaired) electrons. The van der Waals surface area contributed by atoms with Gasteiger partial charge in [0.25, 0.3) is 0 Å². The van der Waals surface area contributed by atoms with Crippen LogP contribution in [0.1, 0.15) is 99.8 Å². The van der Waals surface area contributed by atoms with Gasteiger partial charge in [-0.1, -0.05) is 53.2 Å². The van der Waals surface area contributed by atoms with Crippen molar-refractivity contribution in [3.8, 4) is 0 Å². The third-order valence-electron chi connectivity index (χ3n) is 22.6. The Morgan fingerprint density at radius 1 is 0.607 bits per heavy atom. The van der Waals surface area contributed by atoms with Crippen LogP contribution in [0.25, 0.3) is 0 Å². The maximum atomic E-state index is 15.4. The lowest BCUT2D eigenvalue weighted by molar-refractivity contribution is -0.372. The standard InChI is InChI=1S/C57H92O27/c1-23-40(80-45-39(71)41(28(63)19-75-45)81-49-43(72)56(74,21-60)22-77-49)36(68)38(70)46(78-23)82-42-33(65)27(62)18-76-48(42)84-50(73)57-13-12-51(2,3)14-25(57)24-8-9-31-52(4)15-26(61)44(83-47-37(69)35(67)34(66)29(17-58)79-47)53(5,20-59)30(52)10-11-54(31,6)55(24,7)16-32(57)64/h8,23,25-49,58-72,74H,9-22H2,1-7H3/t23-,25-,26-,27-,28+,29+,30+,31+,32+,33-,34+,35-,36-,37+,38+,39+,40-,41-,42+,43+,44-,45-,46-,47-,48-,49-,52-,53+,54+,55+,56+,57+/m0/s1. The monoisotopic (exact) mass is 1210 g/mol. The molecular formula is C57H92O27. The van der Waals surface area contributed by atoms with Gasteiger partial charge in [-0.15, -0.1) is 0 Å². The summed E-state index contributed by atoms with van der Waals surface area (Å²) in [5.41, 5.74) is -6.04. The lowest BCUT2D eigenvalue weighted by Crippen LogP contribution is -2.70. The number of allylic oxidation sites excluding steroid dienone is 2. The molecule has 27 heteroatoms. The molecule has 32 atom stereocenters. The molecule has 16 N–H and O–H groups in total. The number of hydrogen-bond donors (Lipinski definition) is 16. The summed E-state index contributed by atoms with van der Waals surface area (Å²) in [6.45, 7) is 10.4. The summed E-state index contributed by atoms with van der Waals surface area (Å²) in [7, 11) is 0. The first-order chi connectivity index (χ1) is 39.3. The Labute approximate surface area is 486 Å². The molecule has 10 rings (SSSR count). The van der Waals surface area contributed by atoms with E-state index in [1.165, 1.54) is 6.92 Å². The van der Waals surface area contributed by atoms with Crippen LogP contribution in [0.5, 0.6) is 0 Å². The van der Waals surface area contributed by atoms with Crippen LogP contribution in [0, 0.1) is 50.2 Å². The van der Waals surface area contributed by atoms with Crippen molar-refractivity contribution < 1.29 is 134 Å². The summed E-state index contributed by atoms with van der Waals surface area (Å²) in [6.07, 6.45) is -31.2. The normalized spacial score (nSPS) is 55.6. The number of carbonyl (C=O) groups is 1. The van der Waals surface area contributed by atoms with Crippen molar-refractivity contribution in [1.82, 2.24) is 0 Å². The molecule has 0 aromatic heterocycles. The number of aliphatic hydroxyl groups excluding tert-OH is 15. The Balaban J connectivity index is 0.858. The quantitative estimate of drug-likeness (QED) is 0.0471. The van der Waals surface area contributed by atoms with Crippen LogP contribution >= 0.6 is 0 Å². The van der Waals surface area contributed by atoms with Gasteiger partial charge >= 0.3 is 5.97 Å². The highest BCUT2D eigenvalue weighted by molar-refractivity contribution is 5.80. The van der Waals surface area contributed by atoms with Crippen LogP contribution in [-0.2, 0) is 52.2 Å². The van der Waals surface area contributed by atoms with Gasteiger partial charge in [-0.3, -0.25) is 4.79 Å². The summed E-state index contributed by atoms with van der Waals surface area (Å²) < 4.78 is 58.6. The minimum atomic E-state index is -2.07. The Morgan fingerprint density at radius 2 is 1.25 bits per heavy atom. The third-order valence-corrected chi connectivity index (χ3v) is 22.6. The minimum absolute atomic E-state index is 0.124. The van der Waals surface area contributed by atoms with Gasteiger partial charge in [0, 0.05) is 5.41 Å². The average molecular weight is 1210 g/mol. The van der Waals surface area contributed by atoms with E-state index in [-0.39, 0.29) is 36.5 Å². The molecule has 0 amide bonds. The van der Waals surface area contributed by atoms with Gasteiger partial charge in [0.1, 0.15) is 90.4 Å². The minimum Gasteiger partial charge on any atom is -0.432 e. The van der Waals surface area contributed by atoms with Gasteiger partial charge in [-0.25, -0.2) is 0 Å². The Kier molecular flexibility index (Phi) is 18.2. The number of esters is 1. The van der Waals surface area contributed by atoms with E-state index in [2.05, 4.69) is 40.7 Å². The molecule has 84 heavy (non-hydrogen) atoms. The van der Waals surface area contributed by atoms with Gasteiger partial charge < -0.3 is 129 Å². The molecule has 0 bridgehead atoms. The average Bonchev–Trinajstić information content (AvgIpc) is 1.12. The molecule has 5 saturated heterocycles. The van der Waals surface area contributed by atoms with Crippen LogP contribution < -0.4 is 0 Å². The third kappa shape index (κ3) is 10.4. The molecule has 5 heterocycles. The zero-order valence-electron chi connectivity index (χ0n) is 48.6. The lowest BCUT2D eigenvalue weighted by Gasteiger charge is -2.72. The number of ether oxygens (including phenoxy) is 10. The summed E-state index contributed by atoms with van der Waals surface area (Å²) in [4.78, 5) is 15.4. The maximum Gasteiger partial charge on any atom is 0.317 e. The fourth-order valence-electron chi connectivity index (χ4n) is 17.4. The van der Waals surface area contributed by atoms with E-state index in [0.29, 0.717) is 32.1 Å². The molecule has 5 aliphatic heterocycles. The molecule has 0 aromatic rings. The number of carbonyl (C=O) groups excluding carboxylic acids is 1. The highest BCUT2D eigenvalue weighted by Crippen LogP contribution is 2.76. The molecule has 5 aliphatic carbocycles. The number of fused-ring (bicyclic) bond motifs is 7. The van der Waals surface area contributed by atoms with E-state index in [4.69, 9.17) is 47.4 Å². The molecule has 0 unspecified atom stereocenters. The summed E-state index contributed by atoms with van der Waals surface area (Å²) in [5, 5.41) is 176. The number of rotatable bonds is 13. The zero-order valence-corrected chi connectivity index (χ0v) is 48.6. The maximum absolute atomic E-state index is 15.4. The largest absolute Gasteiger partial charge is 0.432 e. The highest BCUT2D eigenvalue weighted by Gasteiger charge is 2.73. The first-order valence-corrected chi connectivity index (χ1v) is 29.7. The summed E-state index contributed by atoms with van der Waals surface area (Å²) >= 11 is 0. The number of aliphatic hydroxyl groups is 16. The second-order valence-electron chi connectivity index (χ2n) is 28.0. The number of hydrogen-bond acceptors (Lipinski definition) is 27. The van der Waals surface area contributed by atoms with Crippen LogP contribution in [0.4, 0.5) is 0 Å². The van der Waals surface area contributed by atoms with E-state index >= 15 is 4.79 Å². The summed E-state index contributed by atoms with van der Waals surface area (Å²) in [5.74, 6) is -1.84. The van der Waals surface area contributed by atoms with Crippen molar-refractivity contribution in [2.24, 2.45) is 50.2 Å². The van der Waals surface area contributed by atoms with E-state index in [1.54, 1.807) is 0 Å². The fraction of sp³-hybridized carbons (Fsp3) is 0.947. The van der Waals surface area contributed by atoms with Crippen molar-refractivity contribution in [3.63, 3.8) is 0 Å². The van der Waals surface area contributed by atoms with E-state index < -0.39 is 226 Å². The lowest BCUT2D eigenvalue weighted by atomic mass is 9.33. The van der Waals surface area contributed by atoms with Crippen LogP contribution in [0.15, 0.2) is 11.6 Å². The van der Waals surface area contributed by atoms with Crippen molar-refractivity contribution in [3.05, 3.63) is 11.6 Å². The Bertz CT molecular complexity index is 2370. The molecule has 4 saturated carbocycles. The van der Waals surface area contributed by atoms with Gasteiger partial charge in [-0.2, -0.15) is 0 Å². The molecular weight excluding hydrogens is 1120 g/mol. The van der Waals surface area contributed by atoms with Crippen molar-refractivity contribution >= 4 is 5.97 Å². The van der Waals surface area contributed by atoms with Gasteiger partial charge in [0.2, 0.25) is 6.29 Å². The van der Waals surface area contributed by atoms with Crippen LogP contribution in [0.3, 0.4) is 0 Å². The molecule has 10 aliphatic rings. The van der Waals surface area contributed by atoms with Crippen molar-refractivity contribution in [2.45, 2.75) is 247 Å². The van der Waals surface area contributed by atoms with Crippen LogP contribution in [0.2, 0.25) is 0 Å².